The standard InChI is InChI=1S/C26H25F10NO7/c1-2-41-20(21(38)39)14-16-6-8-18(9-7-16)42-12-10-37(11-13-43-26(35,36)24(30,31)25(32,33)34)22(40)44-19-5-3-4-17(15-19)23(27,28)29/h3-9,15,20H,2,10-14H2,1H3,(H,38,39). The minimum Gasteiger partial charge on any atom is -0.492 e. The number of halogens is 10. The van der Waals surface area contributed by atoms with Crippen molar-refractivity contribution in [3.8, 4) is 11.5 Å². The van der Waals surface area contributed by atoms with E-state index in [2.05, 4.69) is 4.74 Å². The van der Waals surface area contributed by atoms with E-state index in [-0.39, 0.29) is 18.8 Å². The van der Waals surface area contributed by atoms with Crippen molar-refractivity contribution in [3.05, 3.63) is 59.7 Å². The van der Waals surface area contributed by atoms with Crippen molar-refractivity contribution in [3.63, 3.8) is 0 Å². The third-order valence-electron chi connectivity index (χ3n) is 5.61. The van der Waals surface area contributed by atoms with Gasteiger partial charge in [-0.15, -0.1) is 0 Å². The molecule has 0 aliphatic carbocycles. The summed E-state index contributed by atoms with van der Waals surface area (Å²) < 4.78 is 148. The molecule has 1 unspecified atom stereocenters. The molecule has 0 fully saturated rings. The lowest BCUT2D eigenvalue weighted by molar-refractivity contribution is -0.423. The number of nitrogens with zero attached hydrogens (tertiary/aromatic N) is 1. The Hall–Kier alpha value is -3.80. The van der Waals surface area contributed by atoms with E-state index in [9.17, 15) is 58.6 Å². The Labute approximate surface area is 243 Å². The van der Waals surface area contributed by atoms with Crippen molar-refractivity contribution in [2.75, 3.05) is 32.9 Å². The largest absolute Gasteiger partial charge is 0.492 e. The molecule has 0 aromatic heterocycles. The third kappa shape index (κ3) is 10.1. The highest BCUT2D eigenvalue weighted by molar-refractivity contribution is 5.72. The van der Waals surface area contributed by atoms with Gasteiger partial charge in [-0.05, 0) is 42.8 Å². The first-order chi connectivity index (χ1) is 20.3. The van der Waals surface area contributed by atoms with Crippen molar-refractivity contribution in [1.82, 2.24) is 4.90 Å². The van der Waals surface area contributed by atoms with Gasteiger partial charge in [0, 0.05) is 19.6 Å². The molecule has 2 rings (SSSR count). The van der Waals surface area contributed by atoms with Gasteiger partial charge >= 0.3 is 36.4 Å². The number of hydrogen-bond donors (Lipinski definition) is 1. The number of benzene rings is 2. The van der Waals surface area contributed by atoms with Crippen LogP contribution >= 0.6 is 0 Å². The van der Waals surface area contributed by atoms with Crippen LogP contribution in [0.2, 0.25) is 0 Å². The molecule has 0 saturated carbocycles. The van der Waals surface area contributed by atoms with Gasteiger partial charge in [0.2, 0.25) is 0 Å². The highest BCUT2D eigenvalue weighted by atomic mass is 19.4. The van der Waals surface area contributed by atoms with E-state index in [0.717, 1.165) is 12.1 Å². The van der Waals surface area contributed by atoms with Crippen LogP contribution in [-0.2, 0) is 26.9 Å². The van der Waals surface area contributed by atoms with E-state index >= 15 is 0 Å². The number of carboxylic acids is 1. The molecule has 18 heteroatoms. The fourth-order valence-electron chi connectivity index (χ4n) is 3.36. The molecule has 0 aliphatic heterocycles. The lowest BCUT2D eigenvalue weighted by Gasteiger charge is -2.28. The molecule has 1 atom stereocenters. The maximum Gasteiger partial charge on any atom is 0.462 e. The summed E-state index contributed by atoms with van der Waals surface area (Å²) in [6.45, 7) is -1.93. The van der Waals surface area contributed by atoms with Gasteiger partial charge in [-0.3, -0.25) is 0 Å². The number of aliphatic carboxylic acids is 1. The number of hydrogen-bond acceptors (Lipinski definition) is 6. The van der Waals surface area contributed by atoms with Crippen LogP contribution in [0.4, 0.5) is 48.7 Å². The number of amides is 1. The fourth-order valence-corrected chi connectivity index (χ4v) is 3.36. The zero-order chi connectivity index (χ0) is 33.3. The number of rotatable bonds is 15. The molecule has 0 bridgehead atoms. The summed E-state index contributed by atoms with van der Waals surface area (Å²) in [5.74, 6) is -8.26. The molecule has 44 heavy (non-hydrogen) atoms. The lowest BCUT2D eigenvalue weighted by Crippen LogP contribution is -2.54. The van der Waals surface area contributed by atoms with Crippen LogP contribution in [0.1, 0.15) is 18.1 Å². The van der Waals surface area contributed by atoms with E-state index in [1.54, 1.807) is 6.92 Å². The molecule has 2 aromatic carbocycles. The van der Waals surface area contributed by atoms with Gasteiger partial charge in [0.1, 0.15) is 18.1 Å². The molecule has 2 aromatic rings. The normalized spacial score (nSPS) is 13.3. The summed E-state index contributed by atoms with van der Waals surface area (Å²) in [5, 5.41) is 9.18. The van der Waals surface area contributed by atoms with Gasteiger partial charge in [0.15, 0.2) is 6.10 Å². The van der Waals surface area contributed by atoms with Crippen LogP contribution in [0.25, 0.3) is 0 Å². The number of ether oxygens (including phenoxy) is 4. The highest BCUT2D eigenvalue weighted by Gasteiger charge is 2.74. The van der Waals surface area contributed by atoms with E-state index in [0.29, 0.717) is 22.6 Å². The van der Waals surface area contributed by atoms with E-state index in [1.165, 1.54) is 24.3 Å². The molecule has 0 heterocycles. The summed E-state index contributed by atoms with van der Waals surface area (Å²) in [6.07, 6.45) is -20.1. The summed E-state index contributed by atoms with van der Waals surface area (Å²) in [4.78, 5) is 24.3. The first-order valence-electron chi connectivity index (χ1n) is 12.4. The Morgan fingerprint density at radius 2 is 1.48 bits per heavy atom. The molecule has 0 radical (unpaired) electrons. The number of carbonyl (C=O) groups is 2. The van der Waals surface area contributed by atoms with Gasteiger partial charge in [-0.2, -0.15) is 43.9 Å². The predicted octanol–water partition coefficient (Wildman–Crippen LogP) is 6.42. The summed E-state index contributed by atoms with van der Waals surface area (Å²) in [5.41, 5.74) is -0.673. The first-order valence-corrected chi connectivity index (χ1v) is 12.4. The molecule has 0 spiro atoms. The number of carboxylic acid groups (broad SMARTS) is 1. The van der Waals surface area contributed by atoms with Crippen LogP contribution in [-0.4, -0.2) is 79.3 Å². The number of alkyl halides is 10. The Morgan fingerprint density at radius 1 is 0.864 bits per heavy atom. The maximum atomic E-state index is 13.5. The van der Waals surface area contributed by atoms with Gasteiger partial charge < -0.3 is 29.0 Å². The van der Waals surface area contributed by atoms with E-state index < -0.39 is 80.2 Å². The Balaban J connectivity index is 2.11. The van der Waals surface area contributed by atoms with Gasteiger partial charge in [-0.1, -0.05) is 18.2 Å². The fraction of sp³-hybridized carbons (Fsp3) is 0.462. The van der Waals surface area contributed by atoms with Crippen molar-refractivity contribution < 1.29 is 77.5 Å². The van der Waals surface area contributed by atoms with Crippen LogP contribution in [0.15, 0.2) is 48.5 Å². The van der Waals surface area contributed by atoms with Gasteiger partial charge in [0.05, 0.1) is 18.7 Å². The van der Waals surface area contributed by atoms with Crippen LogP contribution in [0.3, 0.4) is 0 Å². The topological polar surface area (TPSA) is 94.5 Å². The average molecular weight is 653 g/mol. The van der Waals surface area contributed by atoms with E-state index in [4.69, 9.17) is 14.2 Å². The SMILES string of the molecule is CCOC(Cc1ccc(OCCN(CCOC(F)(F)C(F)(F)C(F)(F)F)C(=O)Oc2cccc(C(F)(F)F)c2)cc1)C(=O)O. The van der Waals surface area contributed by atoms with Gasteiger partial charge in [0.25, 0.3) is 0 Å². The second-order valence-electron chi connectivity index (χ2n) is 8.80. The number of carbonyl (C=O) groups excluding carboxylic acids is 1. The minimum absolute atomic E-state index is 0.0105. The molecule has 8 nitrogen and oxygen atoms in total. The second kappa shape index (κ2) is 14.8. The Morgan fingerprint density at radius 3 is 2.02 bits per heavy atom. The summed E-state index contributed by atoms with van der Waals surface area (Å²) >= 11 is 0. The molecular formula is C26H25F10NO7. The average Bonchev–Trinajstić information content (AvgIpc) is 2.91. The third-order valence-corrected chi connectivity index (χ3v) is 5.61. The Kier molecular flexibility index (Phi) is 12.2. The monoisotopic (exact) mass is 653 g/mol. The highest BCUT2D eigenvalue weighted by Crippen LogP contribution is 2.47. The quantitative estimate of drug-likeness (QED) is 0.222. The molecule has 1 amide bonds. The molecule has 1 N–H and O–H groups in total. The van der Waals surface area contributed by atoms with Crippen molar-refractivity contribution in [2.24, 2.45) is 0 Å². The lowest BCUT2D eigenvalue weighted by atomic mass is 10.1. The summed E-state index contributed by atoms with van der Waals surface area (Å²) in [7, 11) is 0. The van der Waals surface area contributed by atoms with Crippen LogP contribution in [0, 0.1) is 0 Å². The first kappa shape index (κ1) is 36.4. The van der Waals surface area contributed by atoms with Crippen molar-refractivity contribution in [1.29, 1.82) is 0 Å². The smallest absolute Gasteiger partial charge is 0.462 e. The van der Waals surface area contributed by atoms with Crippen LogP contribution < -0.4 is 9.47 Å². The van der Waals surface area contributed by atoms with Crippen molar-refractivity contribution >= 4 is 12.1 Å². The second-order valence-corrected chi connectivity index (χ2v) is 8.80. The molecule has 0 saturated heterocycles. The Bertz CT molecular complexity index is 1240. The predicted molar refractivity (Wildman–Crippen MR) is 130 cm³/mol. The minimum atomic E-state index is -6.67. The molecule has 246 valence electrons. The van der Waals surface area contributed by atoms with Crippen molar-refractivity contribution in [2.45, 2.75) is 43.8 Å². The zero-order valence-corrected chi connectivity index (χ0v) is 22.6. The van der Waals surface area contributed by atoms with Gasteiger partial charge in [-0.25, -0.2) is 9.59 Å². The van der Waals surface area contributed by atoms with Crippen LogP contribution in [0.5, 0.6) is 11.5 Å². The summed E-state index contributed by atoms with van der Waals surface area (Å²) in [6, 6.07) is 8.69. The van der Waals surface area contributed by atoms with E-state index in [1.807, 2.05) is 0 Å². The molecular weight excluding hydrogens is 628 g/mol. The zero-order valence-electron chi connectivity index (χ0n) is 22.6. The molecule has 0 aliphatic rings. The maximum absolute atomic E-state index is 13.5.